The van der Waals surface area contributed by atoms with Gasteiger partial charge >= 0.3 is 0 Å². The molecular formula is C31H20BN. The van der Waals surface area contributed by atoms with Gasteiger partial charge in [0.2, 0.25) is 0 Å². The van der Waals surface area contributed by atoms with Crippen LogP contribution >= 0.6 is 0 Å². The van der Waals surface area contributed by atoms with Crippen LogP contribution in [-0.4, -0.2) is 12.4 Å². The Morgan fingerprint density at radius 1 is 0.545 bits per heavy atom. The summed E-state index contributed by atoms with van der Waals surface area (Å²) in [7, 11) is 2.21. The normalized spacial score (nSPS) is 17.3. The first-order valence-electron chi connectivity index (χ1n) is 11.6. The van der Waals surface area contributed by atoms with E-state index >= 15 is 0 Å². The van der Waals surface area contributed by atoms with Gasteiger partial charge in [-0.25, -0.2) is 0 Å². The fraction of sp³-hybridized carbons (Fsp3) is 0.0323. The van der Waals surface area contributed by atoms with Crippen molar-refractivity contribution in [2.75, 3.05) is 0 Å². The molecule has 1 atom stereocenters. The molecule has 1 nitrogen and oxygen atoms in total. The summed E-state index contributed by atoms with van der Waals surface area (Å²) in [6.07, 6.45) is 0. The second-order valence-corrected chi connectivity index (χ2v) is 9.42. The summed E-state index contributed by atoms with van der Waals surface area (Å²) in [6, 6.07) is 40.8. The summed E-state index contributed by atoms with van der Waals surface area (Å²) in [5.74, 6) is 0. The molecule has 6 aromatic rings. The van der Waals surface area contributed by atoms with Crippen LogP contribution in [0, 0.1) is 0 Å². The molecule has 1 aliphatic carbocycles. The van der Waals surface area contributed by atoms with E-state index in [2.05, 4.69) is 122 Å². The summed E-state index contributed by atoms with van der Waals surface area (Å²) in [4.78, 5) is 0. The maximum absolute atomic E-state index is 2.50. The SMILES string of the molecule is Bc1ccc2c(c1)C1(c3ccccc3-2)c2ccccc2-n2c3ccccc3c3cccc1c32. The van der Waals surface area contributed by atoms with Crippen LogP contribution in [0.3, 0.4) is 0 Å². The van der Waals surface area contributed by atoms with E-state index in [-0.39, 0.29) is 5.41 Å². The first-order valence-corrected chi connectivity index (χ1v) is 11.6. The van der Waals surface area contributed by atoms with Crippen molar-refractivity contribution in [1.29, 1.82) is 0 Å². The molecule has 5 aromatic carbocycles. The van der Waals surface area contributed by atoms with Crippen LogP contribution in [0.2, 0.25) is 0 Å². The molecule has 8 rings (SSSR count). The monoisotopic (exact) mass is 417 g/mol. The minimum atomic E-state index is -0.321. The molecule has 1 aliphatic heterocycles. The first-order chi connectivity index (χ1) is 16.3. The lowest BCUT2D eigenvalue weighted by atomic mass is 9.65. The second-order valence-electron chi connectivity index (χ2n) is 9.42. The van der Waals surface area contributed by atoms with E-state index in [4.69, 9.17) is 0 Å². The van der Waals surface area contributed by atoms with Gasteiger partial charge < -0.3 is 4.57 Å². The number of fused-ring (bicyclic) bond motifs is 12. The predicted molar refractivity (Wildman–Crippen MR) is 140 cm³/mol. The zero-order valence-electron chi connectivity index (χ0n) is 18.3. The van der Waals surface area contributed by atoms with E-state index in [0.717, 1.165) is 0 Å². The Balaban J connectivity index is 1.70. The Bertz CT molecular complexity index is 1790. The fourth-order valence-corrected chi connectivity index (χ4v) is 6.68. The highest BCUT2D eigenvalue weighted by Crippen LogP contribution is 2.60. The third-order valence-electron chi connectivity index (χ3n) is 7.85. The quantitative estimate of drug-likeness (QED) is 0.278. The number of aromatic nitrogens is 1. The standard InChI is InChI=1S/C31H20BN/c32-19-16-17-21-20-8-1-3-11-24(20)31(27(21)18-19)25-12-4-6-15-29(25)33-28-14-5-2-9-22(28)23-10-7-13-26(31)30(23)33/h1-18H,32H2. The number of nitrogens with zero attached hydrogens (tertiary/aromatic N) is 1. The van der Waals surface area contributed by atoms with Gasteiger partial charge in [-0.15, -0.1) is 0 Å². The Kier molecular flexibility index (Phi) is 3.10. The summed E-state index contributed by atoms with van der Waals surface area (Å²) >= 11 is 0. The summed E-state index contributed by atoms with van der Waals surface area (Å²) in [5.41, 5.74) is 13.1. The van der Waals surface area contributed by atoms with Gasteiger partial charge in [-0.05, 0) is 45.5 Å². The van der Waals surface area contributed by atoms with Gasteiger partial charge in [0.05, 0.1) is 22.1 Å². The Morgan fingerprint density at radius 2 is 1.24 bits per heavy atom. The van der Waals surface area contributed by atoms with Crippen LogP contribution in [0.15, 0.2) is 109 Å². The van der Waals surface area contributed by atoms with Crippen LogP contribution in [0.5, 0.6) is 0 Å². The highest BCUT2D eigenvalue weighted by atomic mass is 15.0. The smallest absolute Gasteiger partial charge is 0.139 e. The van der Waals surface area contributed by atoms with Gasteiger partial charge in [-0.2, -0.15) is 0 Å². The molecule has 2 heterocycles. The van der Waals surface area contributed by atoms with Crippen molar-refractivity contribution in [3.05, 3.63) is 131 Å². The molecule has 0 saturated carbocycles. The zero-order valence-corrected chi connectivity index (χ0v) is 18.3. The molecule has 152 valence electrons. The van der Waals surface area contributed by atoms with E-state index in [1.54, 1.807) is 0 Å². The van der Waals surface area contributed by atoms with Crippen LogP contribution in [0.1, 0.15) is 22.3 Å². The van der Waals surface area contributed by atoms with Crippen molar-refractivity contribution >= 4 is 35.1 Å². The molecular weight excluding hydrogens is 397 g/mol. The molecule has 0 radical (unpaired) electrons. The fourth-order valence-electron chi connectivity index (χ4n) is 6.68. The van der Waals surface area contributed by atoms with Crippen molar-refractivity contribution in [1.82, 2.24) is 4.57 Å². The lowest BCUT2D eigenvalue weighted by molar-refractivity contribution is 0.749. The van der Waals surface area contributed by atoms with E-state index in [0.29, 0.717) is 0 Å². The highest BCUT2D eigenvalue weighted by molar-refractivity contribution is 6.32. The second kappa shape index (κ2) is 5.85. The van der Waals surface area contributed by atoms with Crippen molar-refractivity contribution in [3.8, 4) is 16.8 Å². The number of hydrogen-bond acceptors (Lipinski definition) is 0. The maximum Gasteiger partial charge on any atom is 0.139 e. The van der Waals surface area contributed by atoms with Gasteiger partial charge in [-0.3, -0.25) is 0 Å². The zero-order chi connectivity index (χ0) is 21.7. The number of rotatable bonds is 0. The van der Waals surface area contributed by atoms with Gasteiger partial charge in [0.25, 0.3) is 0 Å². The van der Waals surface area contributed by atoms with Crippen LogP contribution < -0.4 is 5.46 Å². The van der Waals surface area contributed by atoms with Crippen LogP contribution in [0.25, 0.3) is 38.6 Å². The van der Waals surface area contributed by atoms with Crippen LogP contribution in [0.4, 0.5) is 0 Å². The molecule has 1 unspecified atom stereocenters. The first kappa shape index (κ1) is 17.5. The molecule has 0 N–H and O–H groups in total. The van der Waals surface area contributed by atoms with Gasteiger partial charge in [0.15, 0.2) is 0 Å². The topological polar surface area (TPSA) is 4.93 Å². The third kappa shape index (κ3) is 1.89. The molecule has 1 spiro atoms. The molecule has 2 heteroatoms. The predicted octanol–water partition coefficient (Wildman–Crippen LogP) is 5.72. The van der Waals surface area contributed by atoms with Gasteiger partial charge in [0.1, 0.15) is 7.85 Å². The number of para-hydroxylation sites is 3. The largest absolute Gasteiger partial charge is 0.309 e. The molecule has 0 saturated heterocycles. The van der Waals surface area contributed by atoms with Crippen molar-refractivity contribution < 1.29 is 0 Å². The molecule has 0 fully saturated rings. The minimum Gasteiger partial charge on any atom is -0.309 e. The van der Waals surface area contributed by atoms with Gasteiger partial charge in [0, 0.05) is 10.8 Å². The van der Waals surface area contributed by atoms with Gasteiger partial charge in [-0.1, -0.05) is 103 Å². The van der Waals surface area contributed by atoms with Crippen molar-refractivity contribution in [2.24, 2.45) is 0 Å². The van der Waals surface area contributed by atoms with E-state index < -0.39 is 0 Å². The van der Waals surface area contributed by atoms with E-state index in [1.165, 1.54) is 66.3 Å². The highest BCUT2D eigenvalue weighted by Gasteiger charge is 2.50. The molecule has 1 aromatic heterocycles. The third-order valence-corrected chi connectivity index (χ3v) is 7.85. The molecule has 33 heavy (non-hydrogen) atoms. The number of hydrogen-bond donors (Lipinski definition) is 0. The lowest BCUT2D eigenvalue weighted by Gasteiger charge is -2.39. The van der Waals surface area contributed by atoms with E-state index in [9.17, 15) is 0 Å². The summed E-state index contributed by atoms with van der Waals surface area (Å²) in [6.45, 7) is 0. The maximum atomic E-state index is 2.50. The van der Waals surface area contributed by atoms with E-state index in [1.807, 2.05) is 0 Å². The molecule has 0 amide bonds. The number of benzene rings is 5. The van der Waals surface area contributed by atoms with Crippen molar-refractivity contribution in [3.63, 3.8) is 0 Å². The van der Waals surface area contributed by atoms with Crippen LogP contribution in [-0.2, 0) is 5.41 Å². The summed E-state index contributed by atoms with van der Waals surface area (Å²) < 4.78 is 2.50. The van der Waals surface area contributed by atoms with Crippen molar-refractivity contribution in [2.45, 2.75) is 5.41 Å². The average molecular weight is 417 g/mol. The average Bonchev–Trinajstić information content (AvgIpc) is 3.35. The molecule has 2 aliphatic rings. The Labute approximate surface area is 193 Å². The lowest BCUT2D eigenvalue weighted by Crippen LogP contribution is -2.34. The summed E-state index contributed by atoms with van der Waals surface area (Å²) in [5, 5.41) is 2.65. The minimum absolute atomic E-state index is 0.321. The Hall–Kier alpha value is -4.04. The molecule has 0 bridgehead atoms. The Morgan fingerprint density at radius 3 is 2.18 bits per heavy atom.